The number of hydrogen-bond acceptors (Lipinski definition) is 0. The Hall–Kier alpha value is -1.37. The second-order valence-corrected chi connectivity index (χ2v) is 3.66. The minimum Gasteiger partial charge on any atom is -0.250 e. The van der Waals surface area contributed by atoms with E-state index in [1.807, 2.05) is 25.1 Å². The number of alkyl halides is 1. The van der Waals surface area contributed by atoms with Gasteiger partial charge in [-0.05, 0) is 16.3 Å². The van der Waals surface area contributed by atoms with Crippen molar-refractivity contribution in [2.24, 2.45) is 0 Å². The van der Waals surface area contributed by atoms with Crippen molar-refractivity contribution in [1.82, 2.24) is 0 Å². The lowest BCUT2D eigenvalue weighted by atomic mass is 9.99. The second-order valence-electron chi connectivity index (χ2n) is 3.66. The zero-order valence-corrected chi connectivity index (χ0v) is 8.20. The van der Waals surface area contributed by atoms with Crippen molar-refractivity contribution >= 4 is 10.8 Å². The van der Waals surface area contributed by atoms with Gasteiger partial charge >= 0.3 is 0 Å². The Morgan fingerprint density at radius 2 is 1.79 bits per heavy atom. The van der Waals surface area contributed by atoms with E-state index in [9.17, 15) is 4.39 Å². The fourth-order valence-corrected chi connectivity index (χ4v) is 1.60. The predicted octanol–water partition coefficient (Wildman–Crippen LogP) is 3.91. The van der Waals surface area contributed by atoms with Crippen molar-refractivity contribution in [3.63, 3.8) is 0 Å². The number of hydrogen-bond donors (Lipinski definition) is 0. The molecule has 0 aliphatic heterocycles. The molecule has 0 nitrogen and oxygen atoms in total. The number of benzene rings is 2. The molecule has 0 N–H and O–H groups in total. The highest BCUT2D eigenvalue weighted by molar-refractivity contribution is 5.83. The average molecular weight is 188 g/mol. The third kappa shape index (κ3) is 1.63. The molecule has 0 aliphatic rings. The minimum absolute atomic E-state index is 0.000365. The molecule has 0 bridgehead atoms. The highest BCUT2D eigenvalue weighted by Gasteiger charge is 2.04. The first-order valence-electron chi connectivity index (χ1n) is 4.86. The second kappa shape index (κ2) is 3.79. The van der Waals surface area contributed by atoms with Gasteiger partial charge in [0.1, 0.15) is 0 Å². The van der Waals surface area contributed by atoms with Gasteiger partial charge in [-0.15, -0.1) is 0 Å². The number of rotatable bonds is 2. The largest absolute Gasteiger partial charge is 0.250 e. The monoisotopic (exact) mass is 188 g/mol. The summed E-state index contributed by atoms with van der Waals surface area (Å²) in [5.74, 6) is -0.000365. The van der Waals surface area contributed by atoms with Crippen molar-refractivity contribution in [3.05, 3.63) is 48.0 Å². The van der Waals surface area contributed by atoms with Crippen molar-refractivity contribution < 1.29 is 4.39 Å². The summed E-state index contributed by atoms with van der Waals surface area (Å²) in [6.45, 7) is 1.61. The zero-order chi connectivity index (χ0) is 9.97. The molecule has 2 aromatic rings. The van der Waals surface area contributed by atoms with Gasteiger partial charge in [0.25, 0.3) is 0 Å². The summed E-state index contributed by atoms with van der Waals surface area (Å²) in [6.07, 6.45) is 0. The van der Waals surface area contributed by atoms with Crippen LogP contribution < -0.4 is 0 Å². The predicted molar refractivity (Wildman–Crippen MR) is 58.3 cm³/mol. The summed E-state index contributed by atoms with van der Waals surface area (Å²) in [5.41, 5.74) is 1.08. The van der Waals surface area contributed by atoms with E-state index in [1.165, 1.54) is 10.8 Å². The van der Waals surface area contributed by atoms with Crippen molar-refractivity contribution in [2.75, 3.05) is 6.67 Å². The summed E-state index contributed by atoms with van der Waals surface area (Å²) in [6, 6.07) is 14.3. The van der Waals surface area contributed by atoms with Gasteiger partial charge in [0.05, 0.1) is 6.67 Å². The molecular formula is C13H13F. The first kappa shape index (κ1) is 9.20. The van der Waals surface area contributed by atoms with Crippen LogP contribution in [0.25, 0.3) is 10.8 Å². The number of fused-ring (bicyclic) bond motifs is 1. The standard InChI is InChI=1S/C13H13F/c1-10(9-14)12-7-6-11-4-2-3-5-13(11)8-12/h2-8,10H,9H2,1H3/t10-/m1/s1. The molecule has 0 fully saturated rings. The Balaban J connectivity index is 2.51. The minimum atomic E-state index is -0.293. The molecule has 0 heterocycles. The van der Waals surface area contributed by atoms with E-state index in [-0.39, 0.29) is 12.6 Å². The van der Waals surface area contributed by atoms with Crippen LogP contribution in [0.2, 0.25) is 0 Å². The maximum atomic E-state index is 12.5. The van der Waals surface area contributed by atoms with Crippen LogP contribution in [0, 0.1) is 0 Å². The van der Waals surface area contributed by atoms with Crippen molar-refractivity contribution in [2.45, 2.75) is 12.8 Å². The molecule has 0 radical (unpaired) electrons. The SMILES string of the molecule is C[C@H](CF)c1ccc2ccccc2c1. The Bertz CT molecular complexity index is 434. The van der Waals surface area contributed by atoms with Gasteiger partial charge < -0.3 is 0 Å². The third-order valence-electron chi connectivity index (χ3n) is 2.57. The highest BCUT2D eigenvalue weighted by atomic mass is 19.1. The van der Waals surface area contributed by atoms with Crippen LogP contribution in [0.5, 0.6) is 0 Å². The van der Waals surface area contributed by atoms with Gasteiger partial charge in [-0.1, -0.05) is 49.4 Å². The molecule has 72 valence electrons. The third-order valence-corrected chi connectivity index (χ3v) is 2.57. The molecule has 2 rings (SSSR count). The van der Waals surface area contributed by atoms with Gasteiger partial charge in [0.15, 0.2) is 0 Å². The van der Waals surface area contributed by atoms with Crippen LogP contribution in [0.3, 0.4) is 0 Å². The lowest BCUT2D eigenvalue weighted by molar-refractivity contribution is 0.447. The fraction of sp³-hybridized carbons (Fsp3) is 0.231. The van der Waals surface area contributed by atoms with E-state index in [1.54, 1.807) is 0 Å². The van der Waals surface area contributed by atoms with E-state index in [2.05, 4.69) is 24.3 Å². The Morgan fingerprint density at radius 3 is 2.50 bits per heavy atom. The van der Waals surface area contributed by atoms with E-state index in [0.717, 1.165) is 5.56 Å². The van der Waals surface area contributed by atoms with Crippen LogP contribution in [-0.4, -0.2) is 6.67 Å². The van der Waals surface area contributed by atoms with Crippen molar-refractivity contribution in [3.8, 4) is 0 Å². The summed E-state index contributed by atoms with van der Waals surface area (Å²) in [5, 5.41) is 2.40. The lowest BCUT2D eigenvalue weighted by Gasteiger charge is -2.07. The topological polar surface area (TPSA) is 0 Å². The Labute approximate surface area is 83.4 Å². The maximum Gasteiger partial charge on any atom is 0.0960 e. The lowest BCUT2D eigenvalue weighted by Crippen LogP contribution is -1.94. The van der Waals surface area contributed by atoms with E-state index >= 15 is 0 Å². The van der Waals surface area contributed by atoms with Gasteiger partial charge in [-0.2, -0.15) is 0 Å². The molecule has 1 heteroatoms. The normalized spacial score (nSPS) is 13.0. The quantitative estimate of drug-likeness (QED) is 0.670. The molecule has 14 heavy (non-hydrogen) atoms. The molecule has 0 aliphatic carbocycles. The van der Waals surface area contributed by atoms with E-state index in [0.29, 0.717) is 0 Å². The Morgan fingerprint density at radius 1 is 1.07 bits per heavy atom. The maximum absolute atomic E-state index is 12.5. The number of halogens is 1. The van der Waals surface area contributed by atoms with Gasteiger partial charge in [-0.25, -0.2) is 0 Å². The molecule has 0 unspecified atom stereocenters. The highest BCUT2D eigenvalue weighted by Crippen LogP contribution is 2.21. The summed E-state index contributed by atoms with van der Waals surface area (Å²) < 4.78 is 12.5. The van der Waals surface area contributed by atoms with E-state index < -0.39 is 0 Å². The molecule has 2 aromatic carbocycles. The molecule has 0 spiro atoms. The smallest absolute Gasteiger partial charge is 0.0960 e. The summed E-state index contributed by atoms with van der Waals surface area (Å²) in [4.78, 5) is 0. The van der Waals surface area contributed by atoms with Gasteiger partial charge in [-0.3, -0.25) is 4.39 Å². The molecule has 0 amide bonds. The van der Waals surface area contributed by atoms with Crippen LogP contribution in [0.1, 0.15) is 18.4 Å². The summed E-state index contributed by atoms with van der Waals surface area (Å²) >= 11 is 0. The first-order valence-corrected chi connectivity index (χ1v) is 4.86. The summed E-state index contributed by atoms with van der Waals surface area (Å²) in [7, 11) is 0. The molecule has 1 atom stereocenters. The van der Waals surface area contributed by atoms with E-state index in [4.69, 9.17) is 0 Å². The molecule has 0 aromatic heterocycles. The Kier molecular flexibility index (Phi) is 2.49. The van der Waals surface area contributed by atoms with Crippen LogP contribution >= 0.6 is 0 Å². The molecule has 0 saturated carbocycles. The van der Waals surface area contributed by atoms with Gasteiger partial charge in [0, 0.05) is 5.92 Å². The average Bonchev–Trinajstić information content (AvgIpc) is 2.27. The first-order chi connectivity index (χ1) is 6.81. The van der Waals surface area contributed by atoms with Crippen molar-refractivity contribution in [1.29, 1.82) is 0 Å². The zero-order valence-electron chi connectivity index (χ0n) is 8.20. The van der Waals surface area contributed by atoms with Gasteiger partial charge in [0.2, 0.25) is 0 Å². The van der Waals surface area contributed by atoms with Crippen LogP contribution in [-0.2, 0) is 0 Å². The van der Waals surface area contributed by atoms with Crippen LogP contribution in [0.15, 0.2) is 42.5 Å². The molecular weight excluding hydrogens is 175 g/mol. The fourth-order valence-electron chi connectivity index (χ4n) is 1.60. The molecule has 0 saturated heterocycles. The van der Waals surface area contributed by atoms with Crippen LogP contribution in [0.4, 0.5) is 4.39 Å².